The van der Waals surface area contributed by atoms with Gasteiger partial charge in [0.2, 0.25) is 5.88 Å². The van der Waals surface area contributed by atoms with E-state index in [1.165, 1.54) is 41.5 Å². The first kappa shape index (κ1) is 36.1. The van der Waals surface area contributed by atoms with E-state index in [9.17, 15) is 26.7 Å². The highest BCUT2D eigenvalue weighted by atomic mass is 32.2. The number of anilines is 2. The number of halogens is 3. The summed E-state index contributed by atoms with van der Waals surface area (Å²) in [5.41, 5.74) is -0.511. The van der Waals surface area contributed by atoms with Gasteiger partial charge in [0.1, 0.15) is 18.1 Å². The molecule has 49 heavy (non-hydrogen) atoms. The van der Waals surface area contributed by atoms with Crippen molar-refractivity contribution in [3.8, 4) is 23.0 Å². The molecule has 0 saturated carbocycles. The van der Waals surface area contributed by atoms with Crippen molar-refractivity contribution in [1.82, 2.24) is 24.7 Å². The van der Waals surface area contributed by atoms with E-state index in [0.29, 0.717) is 24.6 Å². The van der Waals surface area contributed by atoms with Crippen LogP contribution in [0, 0.1) is 10.8 Å². The number of hydrogen-bond acceptors (Lipinski definition) is 9. The molecule has 0 radical (unpaired) electrons. The first-order valence-corrected chi connectivity index (χ1v) is 17.6. The third-order valence-corrected chi connectivity index (χ3v) is 9.77. The molecular weight excluding hydrogens is 659 g/mol. The molecule has 264 valence electrons. The highest BCUT2D eigenvalue weighted by Gasteiger charge is 2.48. The van der Waals surface area contributed by atoms with Crippen molar-refractivity contribution in [2.45, 2.75) is 70.9 Å². The molecule has 1 aliphatic rings. The summed E-state index contributed by atoms with van der Waals surface area (Å²) < 4.78 is 77.0. The summed E-state index contributed by atoms with van der Waals surface area (Å²) in [5.74, 6) is 0.661. The number of ether oxygens (including phenoxy) is 1. The van der Waals surface area contributed by atoms with E-state index in [1.807, 2.05) is 43.0 Å². The predicted octanol–water partition coefficient (Wildman–Crippen LogP) is 6.43. The van der Waals surface area contributed by atoms with E-state index < -0.39 is 33.6 Å². The lowest BCUT2D eigenvalue weighted by Gasteiger charge is -2.32. The maximum atomic E-state index is 13.7. The van der Waals surface area contributed by atoms with Gasteiger partial charge in [0.15, 0.2) is 11.6 Å². The number of rotatable bonds is 7. The molecular formula is C34H42F3N7O4S. The third kappa shape index (κ3) is 8.68. The van der Waals surface area contributed by atoms with Crippen molar-refractivity contribution < 1.29 is 31.4 Å². The van der Waals surface area contributed by atoms with Gasteiger partial charge in [0, 0.05) is 55.2 Å². The molecule has 1 aliphatic heterocycles. The second-order valence-corrected chi connectivity index (χ2v) is 15.4. The Morgan fingerprint density at radius 1 is 1.00 bits per heavy atom. The minimum absolute atomic E-state index is 0.0166. The Kier molecular flexibility index (Phi) is 10.5. The van der Waals surface area contributed by atoms with Gasteiger partial charge < -0.3 is 14.7 Å². The zero-order valence-electron chi connectivity index (χ0n) is 28.0. The normalized spacial score (nSPS) is 16.0. The van der Waals surface area contributed by atoms with Crippen molar-refractivity contribution in [3.63, 3.8) is 0 Å². The largest absolute Gasteiger partial charge is 0.476 e. The van der Waals surface area contributed by atoms with Crippen LogP contribution < -0.4 is 14.4 Å². The van der Waals surface area contributed by atoms with Crippen LogP contribution >= 0.6 is 0 Å². The predicted molar refractivity (Wildman–Crippen MR) is 180 cm³/mol. The molecule has 0 aliphatic carbocycles. The Bertz CT molecular complexity index is 1860. The van der Waals surface area contributed by atoms with E-state index in [4.69, 9.17) is 9.72 Å². The molecule has 3 aromatic heterocycles. The summed E-state index contributed by atoms with van der Waals surface area (Å²) >= 11 is 0. The average Bonchev–Trinajstić information content (AvgIpc) is 3.53. The first-order valence-electron chi connectivity index (χ1n) is 16.1. The van der Waals surface area contributed by atoms with Crippen LogP contribution in [0.3, 0.4) is 0 Å². The summed E-state index contributed by atoms with van der Waals surface area (Å²) in [6.07, 6.45) is 4.08. The van der Waals surface area contributed by atoms with E-state index >= 15 is 0 Å². The van der Waals surface area contributed by atoms with Crippen molar-refractivity contribution in [2.24, 2.45) is 10.8 Å². The fraction of sp³-hybridized carbons (Fsp3) is 0.471. The highest BCUT2D eigenvalue weighted by Crippen LogP contribution is 2.38. The number of aryl methyl sites for hydroxylation is 1. The Hall–Kier alpha value is -4.24. The zero-order chi connectivity index (χ0) is 35.5. The number of hydrogen-bond donors (Lipinski definition) is 2. The lowest BCUT2D eigenvalue weighted by atomic mass is 9.94. The van der Waals surface area contributed by atoms with Crippen molar-refractivity contribution in [3.05, 3.63) is 66.6 Å². The molecule has 0 unspecified atom stereocenters. The van der Waals surface area contributed by atoms with Gasteiger partial charge in [-0.05, 0) is 44.7 Å². The third-order valence-electron chi connectivity index (χ3n) is 8.42. The fourth-order valence-electron chi connectivity index (χ4n) is 5.34. The molecule has 4 heterocycles. The number of nitrogens with one attached hydrogen (secondary N) is 1. The monoisotopic (exact) mass is 701 g/mol. The number of fused-ring (bicyclic) bond motifs is 6. The maximum Gasteiger partial charge on any atom is 0.397 e. The van der Waals surface area contributed by atoms with Crippen LogP contribution in [-0.4, -0.2) is 70.7 Å². The molecule has 2 N–H and O–H groups in total. The number of sulfonamides is 1. The SMILES string of the molecule is CC(C)(CO)CN1CCCCCCc2ccccc2-c2nc(cnc2-n2ccc(OCC(C)(C)C(F)(F)F)n2)NS(=O)(=O)c2ccnc1c2. The number of alkyl halides is 3. The first-order chi connectivity index (χ1) is 23.1. The fourth-order valence-corrected chi connectivity index (χ4v) is 6.33. The van der Waals surface area contributed by atoms with Gasteiger partial charge >= 0.3 is 6.18 Å². The Morgan fingerprint density at radius 3 is 2.51 bits per heavy atom. The summed E-state index contributed by atoms with van der Waals surface area (Å²) in [7, 11) is -4.15. The molecule has 0 saturated heterocycles. The van der Waals surface area contributed by atoms with Crippen LogP contribution in [0.5, 0.6) is 5.88 Å². The van der Waals surface area contributed by atoms with E-state index in [0.717, 1.165) is 57.1 Å². The van der Waals surface area contributed by atoms with Crippen LogP contribution in [0.2, 0.25) is 0 Å². The number of benzene rings is 1. The molecule has 4 bridgehead atoms. The summed E-state index contributed by atoms with van der Waals surface area (Å²) in [6, 6.07) is 12.0. The molecule has 0 atom stereocenters. The summed E-state index contributed by atoms with van der Waals surface area (Å²) in [4.78, 5) is 15.7. The van der Waals surface area contributed by atoms with Gasteiger partial charge in [-0.25, -0.2) is 28.1 Å². The number of aromatic nitrogens is 5. The standard InChI is InChI=1S/C34H42F3N7O4S/c1-32(2,22-45)21-43-17-10-6-5-7-11-24-12-8-9-13-26(24)30-31(44-18-15-29(41-44)48-23-33(3,4)34(35,36)37)39-20-27(40-30)42-49(46,47)25-14-16-38-28(43)19-25/h8-9,12-16,18-20,45H,5-7,10-11,17,21-23H2,1-4H3,(H,40,42). The van der Waals surface area contributed by atoms with Crippen molar-refractivity contribution in [2.75, 3.05) is 35.9 Å². The van der Waals surface area contributed by atoms with Crippen LogP contribution in [-0.2, 0) is 16.4 Å². The van der Waals surface area contributed by atoms with Crippen LogP contribution in [0.4, 0.5) is 24.8 Å². The zero-order valence-corrected chi connectivity index (χ0v) is 28.9. The van der Waals surface area contributed by atoms with Crippen molar-refractivity contribution >= 4 is 21.7 Å². The van der Waals surface area contributed by atoms with Gasteiger partial charge in [0.05, 0.1) is 16.5 Å². The molecule has 11 nitrogen and oxygen atoms in total. The Balaban J connectivity index is 1.54. The average molecular weight is 702 g/mol. The minimum Gasteiger partial charge on any atom is -0.476 e. The summed E-state index contributed by atoms with van der Waals surface area (Å²) in [5, 5.41) is 14.3. The lowest BCUT2D eigenvalue weighted by Crippen LogP contribution is -2.37. The quantitative estimate of drug-likeness (QED) is 0.223. The van der Waals surface area contributed by atoms with Gasteiger partial charge in [-0.15, -0.1) is 5.10 Å². The van der Waals surface area contributed by atoms with E-state index in [-0.39, 0.29) is 29.0 Å². The number of nitrogens with zero attached hydrogens (tertiary/aromatic N) is 6. The second-order valence-electron chi connectivity index (χ2n) is 13.7. The smallest absolute Gasteiger partial charge is 0.397 e. The topological polar surface area (TPSA) is 135 Å². The molecule has 5 rings (SSSR count). The molecule has 0 fully saturated rings. The maximum absolute atomic E-state index is 13.7. The van der Waals surface area contributed by atoms with Crippen LogP contribution in [0.15, 0.2) is 66.0 Å². The van der Waals surface area contributed by atoms with Gasteiger partial charge in [0.25, 0.3) is 10.0 Å². The number of aliphatic hydroxyl groups is 1. The molecule has 0 amide bonds. The number of aliphatic hydroxyl groups excluding tert-OH is 1. The summed E-state index contributed by atoms with van der Waals surface area (Å²) in [6.45, 7) is 6.44. The Morgan fingerprint density at radius 2 is 1.76 bits per heavy atom. The molecule has 0 spiro atoms. The van der Waals surface area contributed by atoms with Gasteiger partial charge in [-0.1, -0.05) is 51.0 Å². The van der Waals surface area contributed by atoms with E-state index in [2.05, 4.69) is 19.8 Å². The van der Waals surface area contributed by atoms with Crippen LogP contribution in [0.1, 0.15) is 58.9 Å². The van der Waals surface area contributed by atoms with Gasteiger partial charge in [-0.2, -0.15) is 13.2 Å². The second kappa shape index (κ2) is 14.3. The molecule has 1 aromatic carbocycles. The number of pyridine rings is 1. The minimum atomic E-state index is -4.47. The highest BCUT2D eigenvalue weighted by molar-refractivity contribution is 7.92. The van der Waals surface area contributed by atoms with Crippen LogP contribution in [0.25, 0.3) is 17.1 Å². The molecule has 4 aromatic rings. The van der Waals surface area contributed by atoms with Crippen molar-refractivity contribution in [1.29, 1.82) is 0 Å². The van der Waals surface area contributed by atoms with Gasteiger partial charge in [-0.3, -0.25) is 4.72 Å². The lowest BCUT2D eigenvalue weighted by molar-refractivity contribution is -0.219. The van der Waals surface area contributed by atoms with E-state index in [1.54, 1.807) is 0 Å². The molecule has 15 heteroatoms. The Labute approximate surface area is 284 Å².